The molecule has 1 aromatic carbocycles. The van der Waals surface area contributed by atoms with Gasteiger partial charge in [0.05, 0.1) is 22.4 Å². The Bertz CT molecular complexity index is 458. The monoisotopic (exact) mass is 259 g/mol. The summed E-state index contributed by atoms with van der Waals surface area (Å²) in [7, 11) is 0. The summed E-state index contributed by atoms with van der Waals surface area (Å²) in [5, 5.41) is 4.00. The summed E-state index contributed by atoms with van der Waals surface area (Å²) in [5.74, 6) is 1.05. The zero-order chi connectivity index (χ0) is 10.7. The Morgan fingerprint density at radius 3 is 3.13 bits per heavy atom. The van der Waals surface area contributed by atoms with Crippen LogP contribution in [0.3, 0.4) is 0 Å². The minimum Gasteiger partial charge on any atom is -0.381 e. The maximum Gasteiger partial charge on any atom is 0.129 e. The third kappa shape index (κ3) is 2.35. The molecule has 0 aliphatic heterocycles. The van der Waals surface area contributed by atoms with Gasteiger partial charge in [0, 0.05) is 12.3 Å². The minimum absolute atomic E-state index is 0.705. The highest BCUT2D eigenvalue weighted by atomic mass is 35.5. The number of halogens is 1. The number of fused-ring (bicyclic) bond motifs is 1. The number of nitrogens with zero attached hydrogens (tertiary/aromatic N) is 2. The van der Waals surface area contributed by atoms with Crippen molar-refractivity contribution in [1.29, 1.82) is 0 Å². The first-order chi connectivity index (χ1) is 7.33. The van der Waals surface area contributed by atoms with Crippen molar-refractivity contribution in [2.24, 2.45) is 0 Å². The lowest BCUT2D eigenvalue weighted by molar-refractivity contribution is 1.23. The highest BCUT2D eigenvalue weighted by molar-refractivity contribution is 7.98. The highest BCUT2D eigenvalue weighted by Crippen LogP contribution is 2.29. The van der Waals surface area contributed by atoms with Crippen molar-refractivity contribution in [3.05, 3.63) is 17.2 Å². The molecule has 0 aliphatic carbocycles. The third-order valence-electron chi connectivity index (χ3n) is 1.99. The average Bonchev–Trinajstić information content (AvgIpc) is 2.69. The van der Waals surface area contributed by atoms with Crippen molar-refractivity contribution >= 4 is 51.8 Å². The Kier molecular flexibility index (Phi) is 3.66. The van der Waals surface area contributed by atoms with E-state index in [-0.39, 0.29) is 0 Å². The number of hydrogen-bond donors (Lipinski definition) is 1. The van der Waals surface area contributed by atoms with Gasteiger partial charge in [0.1, 0.15) is 11.0 Å². The van der Waals surface area contributed by atoms with Gasteiger partial charge in [-0.3, -0.25) is 0 Å². The van der Waals surface area contributed by atoms with Crippen molar-refractivity contribution in [2.75, 3.05) is 23.9 Å². The molecule has 0 unspecified atom stereocenters. The van der Waals surface area contributed by atoms with E-state index in [1.807, 2.05) is 12.1 Å². The molecule has 0 fully saturated rings. The quantitative estimate of drug-likeness (QED) is 0.857. The van der Waals surface area contributed by atoms with Gasteiger partial charge in [-0.1, -0.05) is 11.6 Å². The third-order valence-corrected chi connectivity index (χ3v) is 3.45. The summed E-state index contributed by atoms with van der Waals surface area (Å²) in [4.78, 5) is 0. The van der Waals surface area contributed by atoms with Gasteiger partial charge in [0.25, 0.3) is 0 Å². The van der Waals surface area contributed by atoms with E-state index in [1.165, 1.54) is 11.7 Å². The average molecular weight is 260 g/mol. The maximum atomic E-state index is 6.11. The van der Waals surface area contributed by atoms with Crippen LogP contribution in [0.4, 0.5) is 5.69 Å². The molecule has 6 heteroatoms. The number of thioether (sulfide) groups is 1. The van der Waals surface area contributed by atoms with Gasteiger partial charge in [-0.15, -0.1) is 0 Å². The molecule has 15 heavy (non-hydrogen) atoms. The molecule has 0 atom stereocenters. The summed E-state index contributed by atoms with van der Waals surface area (Å²) in [6, 6.07) is 3.74. The normalized spacial score (nSPS) is 10.8. The summed E-state index contributed by atoms with van der Waals surface area (Å²) >= 11 is 9.11. The number of nitrogens with one attached hydrogen (secondary N) is 1. The fraction of sp³-hybridized carbons (Fsp3) is 0.333. The van der Waals surface area contributed by atoms with E-state index in [0.29, 0.717) is 5.02 Å². The number of rotatable bonds is 4. The van der Waals surface area contributed by atoms with Crippen molar-refractivity contribution < 1.29 is 0 Å². The van der Waals surface area contributed by atoms with Crippen LogP contribution in [0.5, 0.6) is 0 Å². The van der Waals surface area contributed by atoms with Gasteiger partial charge in [-0.05, 0) is 18.4 Å². The highest BCUT2D eigenvalue weighted by Gasteiger charge is 2.08. The summed E-state index contributed by atoms with van der Waals surface area (Å²) < 4.78 is 8.41. The predicted molar refractivity (Wildman–Crippen MR) is 69.3 cm³/mol. The van der Waals surface area contributed by atoms with E-state index in [2.05, 4.69) is 20.3 Å². The Hall–Kier alpha value is -0.520. The van der Waals surface area contributed by atoms with Crippen LogP contribution in [0.15, 0.2) is 12.1 Å². The number of aromatic nitrogens is 2. The van der Waals surface area contributed by atoms with E-state index in [4.69, 9.17) is 11.6 Å². The molecular formula is C9H10ClN3S2. The standard InChI is InChI=1S/C9H10ClN3S2/c1-14-5-4-11-8-6(10)2-3-7-9(8)13-15-12-7/h2-3,11H,4-5H2,1H3. The molecule has 0 bridgehead atoms. The van der Waals surface area contributed by atoms with Gasteiger partial charge in [-0.2, -0.15) is 20.5 Å². The van der Waals surface area contributed by atoms with E-state index >= 15 is 0 Å². The fourth-order valence-corrected chi connectivity index (χ4v) is 2.34. The summed E-state index contributed by atoms with van der Waals surface area (Å²) in [6.45, 7) is 0.886. The van der Waals surface area contributed by atoms with E-state index < -0.39 is 0 Å². The van der Waals surface area contributed by atoms with Gasteiger partial charge in [-0.25, -0.2) is 0 Å². The lowest BCUT2D eigenvalue weighted by Gasteiger charge is -2.07. The van der Waals surface area contributed by atoms with Gasteiger partial charge < -0.3 is 5.32 Å². The second kappa shape index (κ2) is 5.01. The maximum absolute atomic E-state index is 6.11. The fourth-order valence-electron chi connectivity index (χ4n) is 1.27. The Morgan fingerprint density at radius 1 is 1.47 bits per heavy atom. The van der Waals surface area contributed by atoms with Crippen LogP contribution in [-0.2, 0) is 0 Å². The molecule has 1 aromatic heterocycles. The zero-order valence-electron chi connectivity index (χ0n) is 8.16. The number of anilines is 1. The smallest absolute Gasteiger partial charge is 0.129 e. The Labute approximate surface area is 102 Å². The van der Waals surface area contributed by atoms with Crippen molar-refractivity contribution in [1.82, 2.24) is 8.75 Å². The SMILES string of the molecule is CSCCNc1c(Cl)ccc2nsnc12. The van der Waals surface area contributed by atoms with Gasteiger partial charge in [0.15, 0.2) is 0 Å². The molecule has 0 saturated carbocycles. The molecule has 0 aliphatic rings. The molecule has 2 aromatic rings. The molecular weight excluding hydrogens is 250 g/mol. The molecule has 0 radical (unpaired) electrons. The molecule has 0 spiro atoms. The molecule has 1 heterocycles. The Balaban J connectivity index is 2.30. The van der Waals surface area contributed by atoms with E-state index in [9.17, 15) is 0 Å². The van der Waals surface area contributed by atoms with E-state index in [0.717, 1.165) is 29.0 Å². The van der Waals surface area contributed by atoms with Crippen molar-refractivity contribution in [3.8, 4) is 0 Å². The first kappa shape index (κ1) is 11.0. The lowest BCUT2D eigenvalue weighted by Crippen LogP contribution is -2.04. The van der Waals surface area contributed by atoms with Crippen molar-refractivity contribution in [3.63, 3.8) is 0 Å². The van der Waals surface area contributed by atoms with Gasteiger partial charge in [0.2, 0.25) is 0 Å². The van der Waals surface area contributed by atoms with Crippen LogP contribution in [0.25, 0.3) is 11.0 Å². The van der Waals surface area contributed by atoms with Gasteiger partial charge >= 0.3 is 0 Å². The largest absolute Gasteiger partial charge is 0.381 e. The van der Waals surface area contributed by atoms with E-state index in [1.54, 1.807) is 11.8 Å². The minimum atomic E-state index is 0.705. The second-order valence-corrected chi connectivity index (χ2v) is 4.90. The lowest BCUT2D eigenvalue weighted by atomic mass is 10.2. The predicted octanol–water partition coefficient (Wildman–Crippen LogP) is 3.12. The summed E-state index contributed by atoms with van der Waals surface area (Å²) in [5.41, 5.74) is 2.67. The molecule has 2 rings (SSSR count). The topological polar surface area (TPSA) is 37.8 Å². The molecule has 1 N–H and O–H groups in total. The molecule has 80 valence electrons. The van der Waals surface area contributed by atoms with Crippen LogP contribution in [0.2, 0.25) is 5.02 Å². The van der Waals surface area contributed by atoms with Crippen LogP contribution < -0.4 is 5.32 Å². The van der Waals surface area contributed by atoms with Crippen LogP contribution in [0, 0.1) is 0 Å². The first-order valence-electron chi connectivity index (χ1n) is 4.46. The van der Waals surface area contributed by atoms with Crippen molar-refractivity contribution in [2.45, 2.75) is 0 Å². The first-order valence-corrected chi connectivity index (χ1v) is 6.96. The van der Waals surface area contributed by atoms with Crippen LogP contribution in [0.1, 0.15) is 0 Å². The Morgan fingerprint density at radius 2 is 2.33 bits per heavy atom. The number of benzene rings is 1. The second-order valence-electron chi connectivity index (χ2n) is 2.97. The van der Waals surface area contributed by atoms with Crippen LogP contribution in [-0.4, -0.2) is 27.3 Å². The number of hydrogen-bond acceptors (Lipinski definition) is 5. The molecule has 0 amide bonds. The van der Waals surface area contributed by atoms with Crippen LogP contribution >= 0.6 is 35.1 Å². The molecule has 3 nitrogen and oxygen atoms in total. The zero-order valence-corrected chi connectivity index (χ0v) is 10.5. The molecule has 0 saturated heterocycles. The summed E-state index contributed by atoms with van der Waals surface area (Å²) in [6.07, 6.45) is 2.08.